The van der Waals surface area contributed by atoms with E-state index in [1.165, 1.54) is 6.21 Å². The van der Waals surface area contributed by atoms with Crippen molar-refractivity contribution >= 4 is 27.8 Å². The number of nitrogens with zero attached hydrogens (tertiary/aromatic N) is 1. The van der Waals surface area contributed by atoms with E-state index >= 15 is 0 Å². The van der Waals surface area contributed by atoms with Crippen molar-refractivity contribution in [2.24, 2.45) is 4.99 Å². The van der Waals surface area contributed by atoms with Gasteiger partial charge in [-0.2, -0.15) is 0 Å². The molecule has 0 aliphatic carbocycles. The highest BCUT2D eigenvalue weighted by atomic mass is 79.9. The molecule has 1 unspecified atom stereocenters. The second-order valence-electron chi connectivity index (χ2n) is 2.75. The van der Waals surface area contributed by atoms with Gasteiger partial charge in [-0.1, -0.05) is 12.1 Å². The van der Waals surface area contributed by atoms with Gasteiger partial charge in [0, 0.05) is 17.1 Å². The summed E-state index contributed by atoms with van der Waals surface area (Å²) in [6.07, 6.45) is 0.873. The number of benzene rings is 1. The highest BCUT2D eigenvalue weighted by molar-refractivity contribution is 9.10. The van der Waals surface area contributed by atoms with Gasteiger partial charge >= 0.3 is 0 Å². The lowest BCUT2D eigenvalue weighted by Crippen LogP contribution is -2.10. The molecule has 0 amide bonds. The van der Waals surface area contributed by atoms with Crippen molar-refractivity contribution in [2.45, 2.75) is 12.6 Å². The first-order valence-electron chi connectivity index (χ1n) is 3.73. The number of aliphatic imine (C=N–C) groups is 1. The SMILES string of the molecule is FC1C=Nc2c(Br)cccc2C1. The van der Waals surface area contributed by atoms with Gasteiger partial charge in [0.05, 0.1) is 5.69 Å². The summed E-state index contributed by atoms with van der Waals surface area (Å²) >= 11 is 3.37. The Hall–Kier alpha value is -0.700. The van der Waals surface area contributed by atoms with E-state index < -0.39 is 6.17 Å². The maximum atomic E-state index is 12.8. The largest absolute Gasteiger partial charge is 0.257 e. The molecular formula is C9H7BrFN. The summed E-state index contributed by atoms with van der Waals surface area (Å²) in [7, 11) is 0. The van der Waals surface area contributed by atoms with Crippen molar-refractivity contribution in [2.75, 3.05) is 0 Å². The van der Waals surface area contributed by atoms with Crippen LogP contribution in [-0.4, -0.2) is 12.4 Å². The Bertz CT molecular complexity index is 335. The minimum absolute atomic E-state index is 0.443. The molecule has 0 bridgehead atoms. The average molecular weight is 228 g/mol. The Kier molecular flexibility index (Phi) is 1.97. The molecule has 1 heterocycles. The molecule has 1 aromatic carbocycles. The van der Waals surface area contributed by atoms with Gasteiger partial charge in [0.1, 0.15) is 6.17 Å². The predicted molar refractivity (Wildman–Crippen MR) is 50.9 cm³/mol. The van der Waals surface area contributed by atoms with Crippen LogP contribution in [-0.2, 0) is 6.42 Å². The molecule has 12 heavy (non-hydrogen) atoms. The Balaban J connectivity index is 2.53. The first kappa shape index (κ1) is 7.92. The van der Waals surface area contributed by atoms with Crippen LogP contribution in [0.5, 0.6) is 0 Å². The van der Waals surface area contributed by atoms with E-state index in [0.717, 1.165) is 15.7 Å². The van der Waals surface area contributed by atoms with Crippen molar-refractivity contribution in [1.29, 1.82) is 0 Å². The highest BCUT2D eigenvalue weighted by Crippen LogP contribution is 2.32. The van der Waals surface area contributed by atoms with Crippen molar-refractivity contribution in [3.63, 3.8) is 0 Å². The van der Waals surface area contributed by atoms with Crippen LogP contribution >= 0.6 is 15.9 Å². The summed E-state index contributed by atoms with van der Waals surface area (Å²) in [5, 5.41) is 0. The standard InChI is InChI=1S/C9H7BrFN/c10-8-3-1-2-6-4-7(11)5-12-9(6)8/h1-3,5,7H,4H2. The van der Waals surface area contributed by atoms with Crippen LogP contribution in [0.25, 0.3) is 0 Å². The van der Waals surface area contributed by atoms with Gasteiger partial charge in [0.25, 0.3) is 0 Å². The number of alkyl halides is 1. The third kappa shape index (κ3) is 1.29. The predicted octanol–water partition coefficient (Wildman–Crippen LogP) is 3.05. The first-order valence-corrected chi connectivity index (χ1v) is 4.52. The molecule has 0 saturated carbocycles. The molecule has 3 heteroatoms. The monoisotopic (exact) mass is 227 g/mol. The Morgan fingerprint density at radius 3 is 3.17 bits per heavy atom. The minimum atomic E-state index is -0.924. The van der Waals surface area contributed by atoms with E-state index in [-0.39, 0.29) is 0 Å². The van der Waals surface area contributed by atoms with Gasteiger partial charge in [-0.25, -0.2) is 4.39 Å². The van der Waals surface area contributed by atoms with Gasteiger partial charge in [0.2, 0.25) is 0 Å². The topological polar surface area (TPSA) is 12.4 Å². The molecule has 0 radical (unpaired) electrons. The van der Waals surface area contributed by atoms with E-state index in [2.05, 4.69) is 20.9 Å². The van der Waals surface area contributed by atoms with Crippen LogP contribution in [0.15, 0.2) is 27.7 Å². The number of rotatable bonds is 0. The van der Waals surface area contributed by atoms with Gasteiger partial charge < -0.3 is 0 Å². The van der Waals surface area contributed by atoms with Crippen LogP contribution in [0.3, 0.4) is 0 Å². The molecule has 1 nitrogen and oxygen atoms in total. The molecule has 1 atom stereocenters. The fourth-order valence-corrected chi connectivity index (χ4v) is 1.80. The van der Waals surface area contributed by atoms with E-state index in [1.54, 1.807) is 0 Å². The van der Waals surface area contributed by atoms with Crippen LogP contribution in [0.2, 0.25) is 0 Å². The zero-order valence-corrected chi connectivity index (χ0v) is 7.88. The zero-order chi connectivity index (χ0) is 8.55. The maximum absolute atomic E-state index is 12.8. The molecular weight excluding hydrogens is 221 g/mol. The molecule has 2 rings (SSSR count). The molecule has 0 saturated heterocycles. The lowest BCUT2D eigenvalue weighted by Gasteiger charge is -2.13. The molecule has 62 valence electrons. The third-order valence-corrected chi connectivity index (χ3v) is 2.49. The summed E-state index contributed by atoms with van der Waals surface area (Å²) in [5.74, 6) is 0. The van der Waals surface area contributed by atoms with Gasteiger partial charge in [0.15, 0.2) is 0 Å². The molecule has 1 aromatic rings. The fourth-order valence-electron chi connectivity index (χ4n) is 1.29. The first-order chi connectivity index (χ1) is 5.77. The summed E-state index contributed by atoms with van der Waals surface area (Å²) in [5.41, 5.74) is 1.84. The van der Waals surface area contributed by atoms with Crippen molar-refractivity contribution in [3.8, 4) is 0 Å². The van der Waals surface area contributed by atoms with E-state index in [4.69, 9.17) is 0 Å². The Morgan fingerprint density at radius 1 is 1.50 bits per heavy atom. The number of para-hydroxylation sites is 1. The van der Waals surface area contributed by atoms with Crippen LogP contribution < -0.4 is 0 Å². The average Bonchev–Trinajstić information content (AvgIpc) is 2.04. The molecule has 0 N–H and O–H groups in total. The number of hydrogen-bond donors (Lipinski definition) is 0. The van der Waals surface area contributed by atoms with Gasteiger partial charge in [-0.3, -0.25) is 4.99 Å². The van der Waals surface area contributed by atoms with E-state index in [9.17, 15) is 4.39 Å². The summed E-state index contributed by atoms with van der Waals surface area (Å²) < 4.78 is 13.8. The summed E-state index contributed by atoms with van der Waals surface area (Å²) in [4.78, 5) is 4.03. The third-order valence-electron chi connectivity index (χ3n) is 1.85. The van der Waals surface area contributed by atoms with Gasteiger partial charge in [-0.05, 0) is 27.6 Å². The molecule has 0 spiro atoms. The lowest BCUT2D eigenvalue weighted by molar-refractivity contribution is 0.426. The van der Waals surface area contributed by atoms with E-state index in [0.29, 0.717) is 6.42 Å². The second kappa shape index (κ2) is 2.98. The number of halogens is 2. The molecule has 1 aliphatic rings. The zero-order valence-electron chi connectivity index (χ0n) is 6.30. The van der Waals surface area contributed by atoms with Crippen LogP contribution in [0.1, 0.15) is 5.56 Å². The van der Waals surface area contributed by atoms with Crippen molar-refractivity contribution in [1.82, 2.24) is 0 Å². The highest BCUT2D eigenvalue weighted by Gasteiger charge is 2.14. The lowest BCUT2D eigenvalue weighted by atomic mass is 10.0. The molecule has 0 aromatic heterocycles. The number of hydrogen-bond acceptors (Lipinski definition) is 1. The molecule has 0 fully saturated rings. The summed E-state index contributed by atoms with van der Waals surface area (Å²) in [6, 6.07) is 5.72. The Labute approximate surface area is 78.4 Å². The Morgan fingerprint density at radius 2 is 2.33 bits per heavy atom. The van der Waals surface area contributed by atoms with Crippen LogP contribution in [0.4, 0.5) is 10.1 Å². The van der Waals surface area contributed by atoms with Crippen molar-refractivity contribution < 1.29 is 4.39 Å². The minimum Gasteiger partial charge on any atom is -0.257 e. The normalized spacial score (nSPS) is 20.7. The quantitative estimate of drug-likeness (QED) is 0.647. The van der Waals surface area contributed by atoms with E-state index in [1.807, 2.05) is 18.2 Å². The maximum Gasteiger partial charge on any atom is 0.139 e. The smallest absolute Gasteiger partial charge is 0.139 e. The second-order valence-corrected chi connectivity index (χ2v) is 3.60. The van der Waals surface area contributed by atoms with Gasteiger partial charge in [-0.15, -0.1) is 0 Å². The number of fused-ring (bicyclic) bond motifs is 1. The van der Waals surface area contributed by atoms with Crippen LogP contribution in [0, 0.1) is 0 Å². The molecule has 1 aliphatic heterocycles. The fraction of sp³-hybridized carbons (Fsp3) is 0.222. The summed E-state index contributed by atoms with van der Waals surface area (Å²) in [6.45, 7) is 0. The van der Waals surface area contributed by atoms with Crippen molar-refractivity contribution in [3.05, 3.63) is 28.2 Å².